The molecule has 0 spiro atoms. The van der Waals surface area contributed by atoms with Crippen molar-refractivity contribution >= 4 is 78.0 Å². The van der Waals surface area contributed by atoms with Crippen molar-refractivity contribution in [2.24, 2.45) is 0 Å². The quantitative estimate of drug-likeness (QED) is 0.352. The van der Waals surface area contributed by atoms with Crippen LogP contribution in [0, 0.1) is 0 Å². The highest BCUT2D eigenvalue weighted by molar-refractivity contribution is 7.23. The number of hydrogen-bond donors (Lipinski definition) is 0. The minimum absolute atomic E-state index is 0. The van der Waals surface area contributed by atoms with E-state index in [0.29, 0.717) is 52.8 Å². The molecule has 32 heavy (non-hydrogen) atoms. The third kappa shape index (κ3) is 4.25. The zero-order chi connectivity index (χ0) is 21.5. The summed E-state index contributed by atoms with van der Waals surface area (Å²) in [6.45, 7) is 2.26. The predicted molar refractivity (Wildman–Crippen MR) is 135 cm³/mol. The summed E-state index contributed by atoms with van der Waals surface area (Å²) in [5.41, 5.74) is 0.786. The van der Waals surface area contributed by atoms with Crippen LogP contribution in [0.25, 0.3) is 20.3 Å². The Labute approximate surface area is 204 Å². The highest BCUT2D eigenvalue weighted by atomic mass is 35.5. The number of anilines is 1. The third-order valence-electron chi connectivity index (χ3n) is 5.02. The first-order valence-electron chi connectivity index (χ1n) is 9.85. The number of ether oxygens (including phenoxy) is 2. The van der Waals surface area contributed by atoms with Crippen molar-refractivity contribution in [3.63, 3.8) is 0 Å². The van der Waals surface area contributed by atoms with Crippen LogP contribution in [0.15, 0.2) is 36.4 Å². The van der Waals surface area contributed by atoms with Crippen LogP contribution in [0.2, 0.25) is 5.02 Å². The number of aromatic nitrogens is 1. The molecule has 0 aliphatic carbocycles. The number of hydrogen-bond acceptors (Lipinski definition) is 7. The third-order valence-corrected chi connectivity index (χ3v) is 7.72. The molecule has 0 saturated heterocycles. The van der Waals surface area contributed by atoms with Crippen LogP contribution in [0.1, 0.15) is 9.67 Å². The predicted octanol–water partition coefficient (Wildman–Crippen LogP) is 5.57. The summed E-state index contributed by atoms with van der Waals surface area (Å²) < 4.78 is 13.3. The number of halogens is 2. The van der Waals surface area contributed by atoms with E-state index < -0.39 is 0 Å². The molecule has 0 atom stereocenters. The lowest BCUT2D eigenvalue weighted by Crippen LogP contribution is -2.36. The smallest absolute Gasteiger partial charge is 0.271 e. The highest BCUT2D eigenvalue weighted by Gasteiger charge is 2.27. The minimum Gasteiger partial charge on any atom is -0.486 e. The lowest BCUT2D eigenvalue weighted by molar-refractivity contribution is 0.0989. The van der Waals surface area contributed by atoms with E-state index in [4.69, 9.17) is 26.1 Å². The van der Waals surface area contributed by atoms with Gasteiger partial charge in [0.15, 0.2) is 16.6 Å². The van der Waals surface area contributed by atoms with Crippen molar-refractivity contribution < 1.29 is 14.3 Å². The number of nitrogens with zero attached hydrogens (tertiary/aromatic N) is 3. The van der Waals surface area contributed by atoms with E-state index in [-0.39, 0.29) is 18.3 Å². The fourth-order valence-electron chi connectivity index (χ4n) is 3.43. The second-order valence-electron chi connectivity index (χ2n) is 7.46. The Morgan fingerprint density at radius 3 is 2.50 bits per heavy atom. The SMILES string of the molecule is CN(C)CCN(C(=O)c1sc2ccccc2c1Cl)c1nc2cc3c(cc2s1)OCCO3.Cl. The molecular weight excluding hydrogens is 489 g/mol. The molecule has 0 N–H and O–H groups in total. The molecule has 0 fully saturated rings. The topological polar surface area (TPSA) is 54.9 Å². The lowest BCUT2D eigenvalue weighted by atomic mass is 10.2. The Balaban J connectivity index is 0.00000245. The van der Waals surface area contributed by atoms with Crippen molar-refractivity contribution in [2.75, 3.05) is 45.3 Å². The van der Waals surface area contributed by atoms with Crippen molar-refractivity contribution in [1.82, 2.24) is 9.88 Å². The van der Waals surface area contributed by atoms with Gasteiger partial charge in [0.25, 0.3) is 5.91 Å². The van der Waals surface area contributed by atoms with Gasteiger partial charge < -0.3 is 14.4 Å². The summed E-state index contributed by atoms with van der Waals surface area (Å²) in [7, 11) is 3.96. The number of amides is 1. The largest absolute Gasteiger partial charge is 0.486 e. The van der Waals surface area contributed by atoms with Gasteiger partial charge in [-0.25, -0.2) is 4.98 Å². The highest BCUT2D eigenvalue weighted by Crippen LogP contribution is 2.40. The number of likely N-dealkylation sites (N-methyl/N-ethyl adjacent to an activating group) is 1. The van der Waals surface area contributed by atoms with Crippen LogP contribution in [0.5, 0.6) is 11.5 Å². The van der Waals surface area contributed by atoms with Crippen LogP contribution in [0.3, 0.4) is 0 Å². The maximum absolute atomic E-state index is 13.6. The Morgan fingerprint density at radius 1 is 1.06 bits per heavy atom. The number of thiazole rings is 1. The van der Waals surface area contributed by atoms with Crippen LogP contribution >= 0.6 is 46.7 Å². The fraction of sp³-hybridized carbons (Fsp3) is 0.273. The van der Waals surface area contributed by atoms with Gasteiger partial charge in [0.2, 0.25) is 0 Å². The number of rotatable bonds is 5. The van der Waals surface area contributed by atoms with Gasteiger partial charge in [-0.2, -0.15) is 0 Å². The second kappa shape index (κ2) is 9.41. The monoisotopic (exact) mass is 509 g/mol. The van der Waals surface area contributed by atoms with E-state index >= 15 is 0 Å². The van der Waals surface area contributed by atoms with E-state index in [1.807, 2.05) is 55.4 Å². The fourth-order valence-corrected chi connectivity index (χ4v) is 5.89. The molecule has 0 unspecified atom stereocenters. The molecule has 1 aliphatic rings. The molecule has 1 aliphatic heterocycles. The summed E-state index contributed by atoms with van der Waals surface area (Å²) in [5, 5.41) is 2.04. The number of benzene rings is 2. The maximum Gasteiger partial charge on any atom is 0.271 e. The molecule has 168 valence electrons. The molecule has 6 nitrogen and oxygen atoms in total. The van der Waals surface area contributed by atoms with E-state index in [1.165, 1.54) is 22.7 Å². The maximum atomic E-state index is 13.6. The van der Waals surface area contributed by atoms with Crippen molar-refractivity contribution in [3.8, 4) is 11.5 Å². The van der Waals surface area contributed by atoms with Gasteiger partial charge in [-0.1, -0.05) is 41.1 Å². The first-order chi connectivity index (χ1) is 15.0. The molecule has 3 heterocycles. The number of carbonyl (C=O) groups excluding carboxylic acids is 1. The van der Waals surface area contributed by atoms with E-state index in [9.17, 15) is 4.79 Å². The van der Waals surface area contributed by atoms with Gasteiger partial charge in [0.1, 0.15) is 18.1 Å². The molecule has 2 aromatic carbocycles. The summed E-state index contributed by atoms with van der Waals surface area (Å²) in [4.78, 5) is 22.7. The molecule has 5 rings (SSSR count). The summed E-state index contributed by atoms with van der Waals surface area (Å²) in [5.74, 6) is 1.27. The summed E-state index contributed by atoms with van der Waals surface area (Å²) in [6, 6.07) is 11.6. The van der Waals surface area contributed by atoms with Crippen LogP contribution in [-0.2, 0) is 0 Å². The van der Waals surface area contributed by atoms with Gasteiger partial charge in [-0.15, -0.1) is 23.7 Å². The lowest BCUT2D eigenvalue weighted by Gasteiger charge is -2.21. The first kappa shape index (κ1) is 23.1. The van der Waals surface area contributed by atoms with Crippen molar-refractivity contribution in [3.05, 3.63) is 46.3 Å². The van der Waals surface area contributed by atoms with Crippen molar-refractivity contribution in [1.29, 1.82) is 0 Å². The summed E-state index contributed by atoms with van der Waals surface area (Å²) in [6.07, 6.45) is 0. The molecule has 2 aromatic heterocycles. The van der Waals surface area contributed by atoms with Gasteiger partial charge in [-0.3, -0.25) is 9.69 Å². The van der Waals surface area contributed by atoms with E-state index in [1.54, 1.807) is 4.90 Å². The molecular formula is C22H21Cl2N3O3S2. The molecule has 0 radical (unpaired) electrons. The zero-order valence-electron chi connectivity index (χ0n) is 17.5. The first-order valence-corrected chi connectivity index (χ1v) is 11.9. The Kier molecular flexibility index (Phi) is 6.78. The van der Waals surface area contributed by atoms with Gasteiger partial charge in [0.05, 0.1) is 15.2 Å². The van der Waals surface area contributed by atoms with Crippen LogP contribution in [-0.4, -0.2) is 56.2 Å². The van der Waals surface area contributed by atoms with Crippen LogP contribution < -0.4 is 14.4 Å². The normalized spacial score (nSPS) is 12.9. The van der Waals surface area contributed by atoms with E-state index in [2.05, 4.69) is 0 Å². The van der Waals surface area contributed by atoms with Crippen molar-refractivity contribution in [2.45, 2.75) is 0 Å². The number of carbonyl (C=O) groups is 1. The van der Waals surface area contributed by atoms with Gasteiger partial charge in [-0.05, 0) is 20.2 Å². The Hall–Kier alpha value is -2.10. The van der Waals surface area contributed by atoms with Gasteiger partial charge >= 0.3 is 0 Å². The molecule has 1 amide bonds. The average Bonchev–Trinajstić information content (AvgIpc) is 3.32. The average molecular weight is 510 g/mol. The number of fused-ring (bicyclic) bond motifs is 3. The van der Waals surface area contributed by atoms with E-state index in [0.717, 1.165) is 20.3 Å². The summed E-state index contributed by atoms with van der Waals surface area (Å²) >= 11 is 9.50. The van der Waals surface area contributed by atoms with Gasteiger partial charge in [0, 0.05) is 35.3 Å². The van der Waals surface area contributed by atoms with Crippen LogP contribution in [0.4, 0.5) is 5.13 Å². The minimum atomic E-state index is -0.135. The molecule has 0 bridgehead atoms. The molecule has 10 heteroatoms. The molecule has 4 aromatic rings. The Morgan fingerprint density at radius 2 is 1.78 bits per heavy atom. The standard InChI is InChI=1S/C22H20ClN3O3S2.ClH/c1-25(2)7-8-26(21(27)20-19(23)13-5-3-4-6-17(13)30-20)22-24-14-11-15-16(12-18(14)31-22)29-10-9-28-15;/h3-6,11-12H,7-10H2,1-2H3;1H. The second-order valence-corrected chi connectivity index (χ2v) is 9.90. The molecule has 0 saturated carbocycles. The number of thiophene rings is 1. The zero-order valence-corrected chi connectivity index (χ0v) is 20.7. The Bertz CT molecular complexity index is 1250.